The van der Waals surface area contributed by atoms with Gasteiger partial charge in [-0.05, 0) is 55.9 Å². The molecule has 1 amide bonds. The van der Waals surface area contributed by atoms with Gasteiger partial charge in [0.05, 0.1) is 6.61 Å². The molecule has 0 saturated heterocycles. The predicted molar refractivity (Wildman–Crippen MR) is 62.2 cm³/mol. The molecule has 3 heteroatoms. The van der Waals surface area contributed by atoms with Gasteiger partial charge in [-0.2, -0.15) is 0 Å². The Kier molecular flexibility index (Phi) is 3.57. The maximum atomic E-state index is 11.7. The van der Waals surface area contributed by atoms with Gasteiger partial charge in [0, 0.05) is 5.56 Å². The first-order chi connectivity index (χ1) is 7.81. The van der Waals surface area contributed by atoms with Gasteiger partial charge in [0.25, 0.3) is 5.91 Å². The van der Waals surface area contributed by atoms with Crippen LogP contribution in [-0.4, -0.2) is 12.5 Å². The number of fused-ring (bicyclic) bond motifs is 1. The molecule has 0 spiro atoms. The third kappa shape index (κ3) is 2.42. The molecule has 0 unspecified atom stereocenters. The summed E-state index contributed by atoms with van der Waals surface area (Å²) in [6.07, 6.45) is 4.72. The summed E-state index contributed by atoms with van der Waals surface area (Å²) in [5.74, 6) is -0.157. The highest BCUT2D eigenvalue weighted by atomic mass is 16.6. The fourth-order valence-electron chi connectivity index (χ4n) is 2.07. The van der Waals surface area contributed by atoms with Crippen molar-refractivity contribution in [2.45, 2.75) is 32.6 Å². The quantitative estimate of drug-likeness (QED) is 0.792. The van der Waals surface area contributed by atoms with Crippen LogP contribution in [0.5, 0.6) is 0 Å². The zero-order valence-corrected chi connectivity index (χ0v) is 9.58. The van der Waals surface area contributed by atoms with Gasteiger partial charge >= 0.3 is 0 Å². The van der Waals surface area contributed by atoms with E-state index in [9.17, 15) is 4.79 Å². The van der Waals surface area contributed by atoms with Crippen LogP contribution in [0.4, 0.5) is 0 Å². The molecule has 1 aliphatic carbocycles. The van der Waals surface area contributed by atoms with Crippen LogP contribution < -0.4 is 5.48 Å². The van der Waals surface area contributed by atoms with E-state index >= 15 is 0 Å². The Morgan fingerprint density at radius 2 is 2.06 bits per heavy atom. The SMILES string of the molecule is CCONC(=O)c1ccc2c(c1)CCCC2. The first-order valence-electron chi connectivity index (χ1n) is 5.85. The molecule has 1 aromatic carbocycles. The van der Waals surface area contributed by atoms with Crippen molar-refractivity contribution in [3.8, 4) is 0 Å². The molecular formula is C13H17NO2. The van der Waals surface area contributed by atoms with Gasteiger partial charge in [-0.15, -0.1) is 0 Å². The maximum absolute atomic E-state index is 11.7. The number of amides is 1. The van der Waals surface area contributed by atoms with Gasteiger partial charge in [-0.25, -0.2) is 5.48 Å². The first kappa shape index (κ1) is 11.1. The third-order valence-corrected chi connectivity index (χ3v) is 2.92. The van der Waals surface area contributed by atoms with Crippen molar-refractivity contribution in [1.82, 2.24) is 5.48 Å². The van der Waals surface area contributed by atoms with Gasteiger partial charge < -0.3 is 0 Å². The van der Waals surface area contributed by atoms with E-state index in [0.29, 0.717) is 12.2 Å². The topological polar surface area (TPSA) is 38.3 Å². The van der Waals surface area contributed by atoms with Gasteiger partial charge in [-0.3, -0.25) is 9.63 Å². The number of carbonyl (C=O) groups excluding carboxylic acids is 1. The minimum atomic E-state index is -0.157. The molecule has 0 radical (unpaired) electrons. The lowest BCUT2D eigenvalue weighted by Gasteiger charge is -2.16. The van der Waals surface area contributed by atoms with Crippen LogP contribution in [0, 0.1) is 0 Å². The smallest absolute Gasteiger partial charge is 0.274 e. The molecular weight excluding hydrogens is 202 g/mol. The molecule has 1 aromatic rings. The molecule has 0 atom stereocenters. The van der Waals surface area contributed by atoms with E-state index in [4.69, 9.17) is 4.84 Å². The molecule has 0 fully saturated rings. The van der Waals surface area contributed by atoms with Crippen LogP contribution in [-0.2, 0) is 17.7 Å². The molecule has 0 saturated carbocycles. The third-order valence-electron chi connectivity index (χ3n) is 2.92. The number of rotatable bonds is 3. The van der Waals surface area contributed by atoms with Crippen LogP contribution in [0.2, 0.25) is 0 Å². The van der Waals surface area contributed by atoms with E-state index in [0.717, 1.165) is 12.8 Å². The van der Waals surface area contributed by atoms with Crippen LogP contribution in [0.15, 0.2) is 18.2 Å². The van der Waals surface area contributed by atoms with E-state index in [2.05, 4.69) is 11.5 Å². The lowest BCUT2D eigenvalue weighted by atomic mass is 9.90. The zero-order chi connectivity index (χ0) is 11.4. The van der Waals surface area contributed by atoms with Crippen molar-refractivity contribution in [2.75, 3.05) is 6.61 Å². The number of benzene rings is 1. The number of carbonyl (C=O) groups is 1. The molecule has 1 aliphatic rings. The fourth-order valence-corrected chi connectivity index (χ4v) is 2.07. The van der Waals surface area contributed by atoms with E-state index in [1.165, 1.54) is 24.0 Å². The molecule has 0 heterocycles. The number of hydrogen-bond acceptors (Lipinski definition) is 2. The van der Waals surface area contributed by atoms with Crippen molar-refractivity contribution < 1.29 is 9.63 Å². The second-order valence-electron chi connectivity index (χ2n) is 4.05. The molecule has 0 aliphatic heterocycles. The summed E-state index contributed by atoms with van der Waals surface area (Å²) < 4.78 is 0. The Balaban J connectivity index is 2.13. The normalized spacial score (nSPS) is 14.3. The number of aryl methyl sites for hydroxylation is 2. The van der Waals surface area contributed by atoms with E-state index in [1.807, 2.05) is 19.1 Å². The summed E-state index contributed by atoms with van der Waals surface area (Å²) in [5, 5.41) is 0. The van der Waals surface area contributed by atoms with Crippen LogP contribution in [0.3, 0.4) is 0 Å². The molecule has 0 aromatic heterocycles. The van der Waals surface area contributed by atoms with Crippen LogP contribution >= 0.6 is 0 Å². The summed E-state index contributed by atoms with van der Waals surface area (Å²) in [6.45, 7) is 2.32. The summed E-state index contributed by atoms with van der Waals surface area (Å²) in [7, 11) is 0. The average Bonchev–Trinajstić information content (AvgIpc) is 2.35. The van der Waals surface area contributed by atoms with Crippen molar-refractivity contribution in [3.63, 3.8) is 0 Å². The van der Waals surface area contributed by atoms with Crippen molar-refractivity contribution in [2.24, 2.45) is 0 Å². The van der Waals surface area contributed by atoms with Gasteiger partial charge in [0.1, 0.15) is 0 Å². The Bertz CT molecular complexity index is 388. The fraction of sp³-hybridized carbons (Fsp3) is 0.462. The van der Waals surface area contributed by atoms with Crippen LogP contribution in [0.1, 0.15) is 41.3 Å². The average molecular weight is 219 g/mol. The Morgan fingerprint density at radius 1 is 1.31 bits per heavy atom. The standard InChI is InChI=1S/C13H17NO2/c1-2-16-14-13(15)12-8-7-10-5-3-4-6-11(10)9-12/h7-9H,2-6H2,1H3,(H,14,15). The highest BCUT2D eigenvalue weighted by Crippen LogP contribution is 2.22. The van der Waals surface area contributed by atoms with Crippen molar-refractivity contribution in [3.05, 3.63) is 34.9 Å². The molecule has 3 nitrogen and oxygen atoms in total. The van der Waals surface area contributed by atoms with Gasteiger partial charge in [0.2, 0.25) is 0 Å². The minimum Gasteiger partial charge on any atom is -0.274 e. The summed E-state index contributed by atoms with van der Waals surface area (Å²) >= 11 is 0. The number of hydrogen-bond donors (Lipinski definition) is 1. The Hall–Kier alpha value is -1.35. The Labute approximate surface area is 95.8 Å². The molecule has 86 valence electrons. The minimum absolute atomic E-state index is 0.157. The zero-order valence-electron chi connectivity index (χ0n) is 9.58. The first-order valence-corrected chi connectivity index (χ1v) is 5.85. The van der Waals surface area contributed by atoms with E-state index < -0.39 is 0 Å². The second-order valence-corrected chi connectivity index (χ2v) is 4.05. The monoisotopic (exact) mass is 219 g/mol. The number of nitrogens with one attached hydrogen (secondary N) is 1. The van der Waals surface area contributed by atoms with Gasteiger partial charge in [0.15, 0.2) is 0 Å². The van der Waals surface area contributed by atoms with Crippen molar-refractivity contribution >= 4 is 5.91 Å². The Morgan fingerprint density at radius 3 is 2.81 bits per heavy atom. The number of hydroxylamine groups is 1. The molecule has 1 N–H and O–H groups in total. The second kappa shape index (κ2) is 5.12. The van der Waals surface area contributed by atoms with Crippen molar-refractivity contribution in [1.29, 1.82) is 0 Å². The maximum Gasteiger partial charge on any atom is 0.274 e. The van der Waals surface area contributed by atoms with E-state index in [1.54, 1.807) is 0 Å². The van der Waals surface area contributed by atoms with Crippen LogP contribution in [0.25, 0.3) is 0 Å². The molecule has 0 bridgehead atoms. The summed E-state index contributed by atoms with van der Waals surface area (Å²) in [6, 6.07) is 5.93. The largest absolute Gasteiger partial charge is 0.274 e. The summed E-state index contributed by atoms with van der Waals surface area (Å²) in [5.41, 5.74) is 5.81. The molecule has 16 heavy (non-hydrogen) atoms. The lowest BCUT2D eigenvalue weighted by molar-refractivity contribution is 0.0364. The molecule has 2 rings (SSSR count). The van der Waals surface area contributed by atoms with E-state index in [-0.39, 0.29) is 5.91 Å². The lowest BCUT2D eigenvalue weighted by Crippen LogP contribution is -2.23. The highest BCUT2D eigenvalue weighted by molar-refractivity contribution is 5.93. The highest BCUT2D eigenvalue weighted by Gasteiger charge is 2.12. The predicted octanol–water partition coefficient (Wildman–Crippen LogP) is 2.25. The van der Waals surface area contributed by atoms with Gasteiger partial charge in [-0.1, -0.05) is 6.07 Å². The summed E-state index contributed by atoms with van der Waals surface area (Å²) in [4.78, 5) is 16.5.